The fourth-order valence-electron chi connectivity index (χ4n) is 1.79. The van der Waals surface area contributed by atoms with Crippen molar-refractivity contribution in [1.29, 1.82) is 0 Å². The predicted molar refractivity (Wildman–Crippen MR) is 69.0 cm³/mol. The SMILES string of the molecule is Cc1cccc(OCC(=O)NCC2(C(=O)O)CC2)c1. The summed E-state index contributed by atoms with van der Waals surface area (Å²) in [4.78, 5) is 22.5. The van der Waals surface area contributed by atoms with Crippen LogP contribution in [0, 0.1) is 12.3 Å². The van der Waals surface area contributed by atoms with Crippen LogP contribution >= 0.6 is 0 Å². The maximum Gasteiger partial charge on any atom is 0.311 e. The van der Waals surface area contributed by atoms with Crippen LogP contribution in [0.2, 0.25) is 0 Å². The third-order valence-electron chi connectivity index (χ3n) is 3.29. The Morgan fingerprint density at radius 1 is 1.42 bits per heavy atom. The van der Waals surface area contributed by atoms with Crippen LogP contribution in [0.4, 0.5) is 0 Å². The lowest BCUT2D eigenvalue weighted by Gasteiger charge is -2.11. The highest BCUT2D eigenvalue weighted by Crippen LogP contribution is 2.45. The number of hydrogen-bond acceptors (Lipinski definition) is 3. The molecule has 1 amide bonds. The molecule has 0 unspecified atom stereocenters. The van der Waals surface area contributed by atoms with Crippen molar-refractivity contribution in [2.24, 2.45) is 5.41 Å². The van der Waals surface area contributed by atoms with Gasteiger partial charge in [0.2, 0.25) is 0 Å². The van der Waals surface area contributed by atoms with Crippen molar-refractivity contribution in [3.63, 3.8) is 0 Å². The molecular weight excluding hydrogens is 246 g/mol. The molecule has 0 radical (unpaired) electrons. The van der Waals surface area contributed by atoms with Gasteiger partial charge in [0.1, 0.15) is 5.75 Å². The molecule has 2 N–H and O–H groups in total. The van der Waals surface area contributed by atoms with Crippen molar-refractivity contribution >= 4 is 11.9 Å². The average Bonchev–Trinajstić information content (AvgIpc) is 3.15. The number of carboxylic acid groups (broad SMARTS) is 1. The molecule has 1 aliphatic rings. The van der Waals surface area contributed by atoms with Gasteiger partial charge in [0.05, 0.1) is 5.41 Å². The first-order valence-corrected chi connectivity index (χ1v) is 6.21. The number of carbonyl (C=O) groups excluding carboxylic acids is 1. The van der Waals surface area contributed by atoms with Gasteiger partial charge in [-0.25, -0.2) is 0 Å². The number of aliphatic carboxylic acids is 1. The van der Waals surface area contributed by atoms with Gasteiger partial charge in [-0.3, -0.25) is 9.59 Å². The van der Waals surface area contributed by atoms with Crippen LogP contribution < -0.4 is 10.1 Å². The summed E-state index contributed by atoms with van der Waals surface area (Å²) in [6.45, 7) is 2.02. The zero-order valence-corrected chi connectivity index (χ0v) is 10.8. The molecule has 0 aliphatic heterocycles. The molecule has 1 aromatic rings. The Balaban J connectivity index is 1.75. The molecule has 0 heterocycles. The van der Waals surface area contributed by atoms with E-state index in [0.717, 1.165) is 5.56 Å². The molecule has 102 valence electrons. The second-order valence-corrected chi connectivity index (χ2v) is 4.97. The quantitative estimate of drug-likeness (QED) is 0.812. The van der Waals surface area contributed by atoms with Crippen LogP contribution in [-0.4, -0.2) is 30.1 Å². The van der Waals surface area contributed by atoms with Crippen LogP contribution in [0.5, 0.6) is 5.75 Å². The van der Waals surface area contributed by atoms with E-state index in [2.05, 4.69) is 5.32 Å². The van der Waals surface area contributed by atoms with Crippen LogP contribution in [0.3, 0.4) is 0 Å². The number of benzene rings is 1. The summed E-state index contributed by atoms with van der Waals surface area (Å²) in [5.41, 5.74) is 0.319. The van der Waals surface area contributed by atoms with Gasteiger partial charge in [-0.1, -0.05) is 12.1 Å². The summed E-state index contributed by atoms with van der Waals surface area (Å²) in [7, 11) is 0. The summed E-state index contributed by atoms with van der Waals surface area (Å²) >= 11 is 0. The highest BCUT2D eigenvalue weighted by Gasteiger charge is 2.50. The van der Waals surface area contributed by atoms with E-state index in [4.69, 9.17) is 9.84 Å². The third-order valence-corrected chi connectivity index (χ3v) is 3.29. The molecule has 5 nitrogen and oxygen atoms in total. The molecule has 1 saturated carbocycles. The Morgan fingerprint density at radius 2 is 2.16 bits per heavy atom. The first-order chi connectivity index (χ1) is 9.02. The Morgan fingerprint density at radius 3 is 2.74 bits per heavy atom. The zero-order chi connectivity index (χ0) is 13.9. The van der Waals surface area contributed by atoms with Crippen molar-refractivity contribution in [2.75, 3.05) is 13.2 Å². The van der Waals surface area contributed by atoms with Gasteiger partial charge in [0.25, 0.3) is 5.91 Å². The number of ether oxygens (including phenoxy) is 1. The summed E-state index contributed by atoms with van der Waals surface area (Å²) in [5, 5.41) is 11.6. The van der Waals surface area contributed by atoms with Crippen LogP contribution in [0.1, 0.15) is 18.4 Å². The van der Waals surface area contributed by atoms with E-state index in [-0.39, 0.29) is 19.1 Å². The van der Waals surface area contributed by atoms with Gasteiger partial charge >= 0.3 is 5.97 Å². The number of hydrogen-bond donors (Lipinski definition) is 2. The summed E-state index contributed by atoms with van der Waals surface area (Å²) in [6.07, 6.45) is 1.25. The summed E-state index contributed by atoms with van der Waals surface area (Å²) in [6, 6.07) is 7.41. The lowest BCUT2D eigenvalue weighted by molar-refractivity contribution is -0.143. The molecule has 0 aromatic heterocycles. The molecule has 0 saturated heterocycles. The second-order valence-electron chi connectivity index (χ2n) is 4.97. The summed E-state index contributed by atoms with van der Waals surface area (Å²) in [5.74, 6) is -0.504. The van der Waals surface area contributed by atoms with Gasteiger partial charge in [0.15, 0.2) is 6.61 Å². The first kappa shape index (κ1) is 13.4. The Bertz CT molecular complexity index is 494. The van der Waals surface area contributed by atoms with Crippen molar-refractivity contribution in [3.05, 3.63) is 29.8 Å². The zero-order valence-electron chi connectivity index (χ0n) is 10.8. The maximum absolute atomic E-state index is 11.6. The molecule has 19 heavy (non-hydrogen) atoms. The number of carboxylic acids is 1. The minimum absolute atomic E-state index is 0.0981. The van der Waals surface area contributed by atoms with Gasteiger partial charge < -0.3 is 15.2 Å². The highest BCUT2D eigenvalue weighted by molar-refractivity contribution is 5.81. The van der Waals surface area contributed by atoms with E-state index in [1.165, 1.54) is 0 Å². The highest BCUT2D eigenvalue weighted by atomic mass is 16.5. The molecular formula is C14H17NO4. The van der Waals surface area contributed by atoms with E-state index in [1.54, 1.807) is 6.07 Å². The number of carbonyl (C=O) groups is 2. The van der Waals surface area contributed by atoms with Gasteiger partial charge in [-0.05, 0) is 37.5 Å². The minimum atomic E-state index is -0.840. The number of aryl methyl sites for hydroxylation is 1. The van der Waals surface area contributed by atoms with Crippen molar-refractivity contribution in [1.82, 2.24) is 5.32 Å². The Hall–Kier alpha value is -2.04. The average molecular weight is 263 g/mol. The normalized spacial score (nSPS) is 15.6. The van der Waals surface area contributed by atoms with Crippen molar-refractivity contribution < 1.29 is 19.4 Å². The molecule has 0 bridgehead atoms. The molecule has 1 aromatic carbocycles. The standard InChI is InChI=1S/C14H17NO4/c1-10-3-2-4-11(7-10)19-8-12(16)15-9-14(5-6-14)13(17)18/h2-4,7H,5-6,8-9H2,1H3,(H,15,16)(H,17,18). The smallest absolute Gasteiger partial charge is 0.311 e. The monoisotopic (exact) mass is 263 g/mol. The minimum Gasteiger partial charge on any atom is -0.484 e. The van der Waals surface area contributed by atoms with Gasteiger partial charge in [-0.2, -0.15) is 0 Å². The fourth-order valence-corrected chi connectivity index (χ4v) is 1.79. The van der Waals surface area contributed by atoms with E-state index in [9.17, 15) is 9.59 Å². The number of amides is 1. The lowest BCUT2D eigenvalue weighted by atomic mass is 10.1. The van der Waals surface area contributed by atoms with E-state index >= 15 is 0 Å². The lowest BCUT2D eigenvalue weighted by Crippen LogP contribution is -2.36. The number of nitrogens with one attached hydrogen (secondary N) is 1. The molecule has 5 heteroatoms. The van der Waals surface area contributed by atoms with E-state index < -0.39 is 11.4 Å². The van der Waals surface area contributed by atoms with Gasteiger partial charge in [-0.15, -0.1) is 0 Å². The Labute approximate surface area is 111 Å². The largest absolute Gasteiger partial charge is 0.484 e. The van der Waals surface area contributed by atoms with Crippen molar-refractivity contribution in [3.8, 4) is 5.75 Å². The molecule has 1 fully saturated rings. The second kappa shape index (κ2) is 5.30. The topological polar surface area (TPSA) is 75.6 Å². The van der Waals surface area contributed by atoms with Crippen molar-refractivity contribution in [2.45, 2.75) is 19.8 Å². The third kappa shape index (κ3) is 3.47. The summed E-state index contributed by atoms with van der Waals surface area (Å²) < 4.78 is 5.34. The first-order valence-electron chi connectivity index (χ1n) is 6.21. The fraction of sp³-hybridized carbons (Fsp3) is 0.429. The maximum atomic E-state index is 11.6. The molecule has 1 aliphatic carbocycles. The van der Waals surface area contributed by atoms with E-state index in [1.807, 2.05) is 25.1 Å². The Kier molecular flexibility index (Phi) is 3.74. The number of rotatable bonds is 6. The molecule has 0 spiro atoms. The predicted octanol–water partition coefficient (Wildman–Crippen LogP) is 1.35. The van der Waals surface area contributed by atoms with Crippen LogP contribution in [0.25, 0.3) is 0 Å². The van der Waals surface area contributed by atoms with Gasteiger partial charge in [0, 0.05) is 6.54 Å². The molecule has 0 atom stereocenters. The van der Waals surface area contributed by atoms with Crippen LogP contribution in [0.15, 0.2) is 24.3 Å². The van der Waals surface area contributed by atoms with Crippen LogP contribution in [-0.2, 0) is 9.59 Å². The molecule has 2 rings (SSSR count). The van der Waals surface area contributed by atoms with E-state index in [0.29, 0.717) is 18.6 Å².